The summed E-state index contributed by atoms with van der Waals surface area (Å²) in [6.45, 7) is 3.30. The standard InChI is InChI=1S/C14H20ClN3O2/c1-4-10-5-6-12(20-10)13(16-2)14-11(15)9-17-18(14)7-8-19-3/h5-6,9,13,16H,4,7-8H2,1-3H3. The number of aromatic nitrogens is 2. The zero-order valence-electron chi connectivity index (χ0n) is 12.0. The first-order valence-electron chi connectivity index (χ1n) is 6.67. The van der Waals surface area contributed by atoms with Crippen LogP contribution in [0.4, 0.5) is 0 Å². The Hall–Kier alpha value is -1.30. The second kappa shape index (κ2) is 6.92. The number of hydrogen-bond acceptors (Lipinski definition) is 4. The van der Waals surface area contributed by atoms with Gasteiger partial charge in [0.15, 0.2) is 0 Å². The second-order valence-corrected chi connectivity index (χ2v) is 4.88. The van der Waals surface area contributed by atoms with E-state index >= 15 is 0 Å². The molecule has 0 bridgehead atoms. The Kier molecular flexibility index (Phi) is 5.23. The van der Waals surface area contributed by atoms with Crippen LogP contribution in [0.2, 0.25) is 5.02 Å². The molecule has 0 fully saturated rings. The SMILES string of the molecule is CCc1ccc(C(NC)c2c(Cl)cnn2CCOC)o1. The first-order chi connectivity index (χ1) is 9.71. The van der Waals surface area contributed by atoms with E-state index in [0.29, 0.717) is 18.2 Å². The number of nitrogens with zero attached hydrogens (tertiary/aromatic N) is 2. The molecular weight excluding hydrogens is 278 g/mol. The smallest absolute Gasteiger partial charge is 0.127 e. The maximum Gasteiger partial charge on any atom is 0.127 e. The lowest BCUT2D eigenvalue weighted by Crippen LogP contribution is -2.22. The zero-order valence-corrected chi connectivity index (χ0v) is 12.8. The van der Waals surface area contributed by atoms with Crippen LogP contribution in [-0.4, -0.2) is 30.5 Å². The molecule has 0 aliphatic heterocycles. The summed E-state index contributed by atoms with van der Waals surface area (Å²) in [6.07, 6.45) is 2.52. The minimum Gasteiger partial charge on any atom is -0.464 e. The molecule has 0 aliphatic carbocycles. The van der Waals surface area contributed by atoms with Crippen molar-refractivity contribution in [2.45, 2.75) is 25.9 Å². The van der Waals surface area contributed by atoms with Crippen LogP contribution in [0, 0.1) is 0 Å². The Bertz CT molecular complexity index is 550. The molecule has 6 heteroatoms. The van der Waals surface area contributed by atoms with Gasteiger partial charge in [-0.25, -0.2) is 0 Å². The summed E-state index contributed by atoms with van der Waals surface area (Å²) >= 11 is 6.28. The van der Waals surface area contributed by atoms with Crippen molar-refractivity contribution in [3.63, 3.8) is 0 Å². The first-order valence-corrected chi connectivity index (χ1v) is 7.05. The summed E-state index contributed by atoms with van der Waals surface area (Å²) in [7, 11) is 3.54. The number of aryl methyl sites for hydroxylation is 1. The van der Waals surface area contributed by atoms with E-state index in [1.165, 1.54) is 0 Å². The summed E-state index contributed by atoms with van der Waals surface area (Å²) in [4.78, 5) is 0. The average Bonchev–Trinajstić information content (AvgIpc) is 3.06. The summed E-state index contributed by atoms with van der Waals surface area (Å²) in [5.74, 6) is 1.80. The molecule has 2 aromatic rings. The Morgan fingerprint density at radius 1 is 1.50 bits per heavy atom. The van der Waals surface area contributed by atoms with Gasteiger partial charge in [-0.1, -0.05) is 18.5 Å². The molecule has 0 amide bonds. The van der Waals surface area contributed by atoms with Crippen molar-refractivity contribution in [3.05, 3.63) is 40.6 Å². The van der Waals surface area contributed by atoms with E-state index in [1.807, 2.05) is 23.9 Å². The van der Waals surface area contributed by atoms with Gasteiger partial charge < -0.3 is 14.5 Å². The van der Waals surface area contributed by atoms with Gasteiger partial charge in [-0.05, 0) is 19.2 Å². The van der Waals surface area contributed by atoms with E-state index < -0.39 is 0 Å². The van der Waals surface area contributed by atoms with Crippen LogP contribution in [0.5, 0.6) is 0 Å². The van der Waals surface area contributed by atoms with Gasteiger partial charge in [-0.15, -0.1) is 0 Å². The molecule has 110 valence electrons. The molecule has 0 saturated carbocycles. The van der Waals surface area contributed by atoms with Gasteiger partial charge in [0.2, 0.25) is 0 Å². The molecule has 1 atom stereocenters. The molecular formula is C14H20ClN3O2. The van der Waals surface area contributed by atoms with Crippen molar-refractivity contribution < 1.29 is 9.15 Å². The van der Waals surface area contributed by atoms with Crippen LogP contribution in [0.25, 0.3) is 0 Å². The molecule has 0 saturated heterocycles. The van der Waals surface area contributed by atoms with Crippen LogP contribution < -0.4 is 5.32 Å². The van der Waals surface area contributed by atoms with E-state index in [9.17, 15) is 0 Å². The molecule has 20 heavy (non-hydrogen) atoms. The topological polar surface area (TPSA) is 52.2 Å². The van der Waals surface area contributed by atoms with Gasteiger partial charge in [0.1, 0.15) is 17.6 Å². The van der Waals surface area contributed by atoms with Crippen LogP contribution >= 0.6 is 11.6 Å². The van der Waals surface area contributed by atoms with E-state index in [-0.39, 0.29) is 6.04 Å². The quantitative estimate of drug-likeness (QED) is 0.853. The van der Waals surface area contributed by atoms with Crippen molar-refractivity contribution in [3.8, 4) is 0 Å². The molecule has 1 unspecified atom stereocenters. The third-order valence-electron chi connectivity index (χ3n) is 3.22. The van der Waals surface area contributed by atoms with E-state index in [1.54, 1.807) is 13.3 Å². The molecule has 0 radical (unpaired) electrons. The van der Waals surface area contributed by atoms with Gasteiger partial charge in [0.05, 0.1) is 30.1 Å². The molecule has 2 aromatic heterocycles. The Balaban J connectivity index is 2.33. The largest absolute Gasteiger partial charge is 0.464 e. The highest BCUT2D eigenvalue weighted by Crippen LogP contribution is 2.29. The number of halogens is 1. The molecule has 0 aliphatic rings. The molecule has 0 aromatic carbocycles. The highest BCUT2D eigenvalue weighted by molar-refractivity contribution is 6.31. The number of rotatable bonds is 7. The molecule has 1 N–H and O–H groups in total. The van der Waals surface area contributed by atoms with Crippen LogP contribution in [-0.2, 0) is 17.7 Å². The minimum atomic E-state index is -0.123. The van der Waals surface area contributed by atoms with Crippen molar-refractivity contribution >= 4 is 11.6 Å². The fourth-order valence-electron chi connectivity index (χ4n) is 2.17. The monoisotopic (exact) mass is 297 g/mol. The lowest BCUT2D eigenvalue weighted by Gasteiger charge is -2.16. The fraction of sp³-hybridized carbons (Fsp3) is 0.500. The van der Waals surface area contributed by atoms with Crippen LogP contribution in [0.1, 0.15) is 30.2 Å². The summed E-state index contributed by atoms with van der Waals surface area (Å²) in [5.41, 5.74) is 0.892. The minimum absolute atomic E-state index is 0.123. The summed E-state index contributed by atoms with van der Waals surface area (Å²) < 4.78 is 12.8. The van der Waals surface area contributed by atoms with Crippen molar-refractivity contribution in [2.24, 2.45) is 0 Å². The van der Waals surface area contributed by atoms with Crippen molar-refractivity contribution in [1.29, 1.82) is 0 Å². The number of methoxy groups -OCH3 is 1. The first kappa shape index (κ1) is 15.1. The summed E-state index contributed by atoms with van der Waals surface area (Å²) in [5, 5.41) is 8.15. The lowest BCUT2D eigenvalue weighted by molar-refractivity contribution is 0.181. The van der Waals surface area contributed by atoms with Crippen molar-refractivity contribution in [2.75, 3.05) is 20.8 Å². The summed E-state index contributed by atoms with van der Waals surface area (Å²) in [6, 6.07) is 3.84. The molecule has 5 nitrogen and oxygen atoms in total. The third kappa shape index (κ3) is 3.06. The number of nitrogens with one attached hydrogen (secondary N) is 1. The van der Waals surface area contributed by atoms with E-state index in [0.717, 1.165) is 23.6 Å². The Morgan fingerprint density at radius 2 is 2.30 bits per heavy atom. The van der Waals surface area contributed by atoms with E-state index in [4.69, 9.17) is 20.8 Å². The van der Waals surface area contributed by atoms with Crippen LogP contribution in [0.3, 0.4) is 0 Å². The number of furan rings is 1. The third-order valence-corrected chi connectivity index (χ3v) is 3.51. The molecule has 2 heterocycles. The predicted molar refractivity (Wildman–Crippen MR) is 78.1 cm³/mol. The normalized spacial score (nSPS) is 12.8. The zero-order chi connectivity index (χ0) is 14.5. The van der Waals surface area contributed by atoms with Gasteiger partial charge in [0, 0.05) is 13.5 Å². The van der Waals surface area contributed by atoms with Crippen molar-refractivity contribution in [1.82, 2.24) is 15.1 Å². The van der Waals surface area contributed by atoms with Gasteiger partial charge >= 0.3 is 0 Å². The van der Waals surface area contributed by atoms with Gasteiger partial charge in [0.25, 0.3) is 0 Å². The maximum atomic E-state index is 6.28. The Labute approximate surface area is 123 Å². The molecule has 0 spiro atoms. The number of hydrogen-bond donors (Lipinski definition) is 1. The van der Waals surface area contributed by atoms with E-state index in [2.05, 4.69) is 17.3 Å². The highest BCUT2D eigenvalue weighted by Gasteiger charge is 2.23. The highest BCUT2D eigenvalue weighted by atomic mass is 35.5. The fourth-order valence-corrected chi connectivity index (χ4v) is 2.42. The second-order valence-electron chi connectivity index (χ2n) is 4.47. The molecule has 2 rings (SSSR count). The maximum absolute atomic E-state index is 6.28. The lowest BCUT2D eigenvalue weighted by atomic mass is 10.1. The van der Waals surface area contributed by atoms with Gasteiger partial charge in [-0.3, -0.25) is 4.68 Å². The Morgan fingerprint density at radius 3 is 2.90 bits per heavy atom. The van der Waals surface area contributed by atoms with Crippen LogP contribution in [0.15, 0.2) is 22.7 Å². The van der Waals surface area contributed by atoms with Gasteiger partial charge in [-0.2, -0.15) is 5.10 Å². The average molecular weight is 298 g/mol. The number of ether oxygens (including phenoxy) is 1. The predicted octanol–water partition coefficient (Wildman–Crippen LogP) is 2.65.